The lowest BCUT2D eigenvalue weighted by atomic mass is 9.97. The molecule has 264 valence electrons. The quantitative estimate of drug-likeness (QED) is 0.128. The Morgan fingerprint density at radius 3 is 2.41 bits per heavy atom. The highest BCUT2D eigenvalue weighted by atomic mass is 35.5. The number of aromatic nitrogens is 3. The minimum Gasteiger partial charge on any atom is -0.481 e. The molecule has 2 aromatic carbocycles. The Morgan fingerprint density at radius 2 is 1.73 bits per heavy atom. The van der Waals surface area contributed by atoms with E-state index in [4.69, 9.17) is 32.7 Å². The van der Waals surface area contributed by atoms with Crippen LogP contribution in [0.3, 0.4) is 0 Å². The molecule has 14 heteroatoms. The molecule has 1 aliphatic rings. The first-order valence-electron chi connectivity index (χ1n) is 16.3. The van der Waals surface area contributed by atoms with E-state index in [9.17, 15) is 19.5 Å². The van der Waals surface area contributed by atoms with Gasteiger partial charge in [0.15, 0.2) is 0 Å². The summed E-state index contributed by atoms with van der Waals surface area (Å²) in [6.07, 6.45) is 4.57. The summed E-state index contributed by atoms with van der Waals surface area (Å²) in [4.78, 5) is 45.8. The fourth-order valence-electron chi connectivity index (χ4n) is 6.04. The van der Waals surface area contributed by atoms with E-state index < -0.39 is 18.6 Å². The highest BCUT2D eigenvalue weighted by Gasteiger charge is 2.22. The highest BCUT2D eigenvalue weighted by Crippen LogP contribution is 2.42. The second kappa shape index (κ2) is 16.0. The van der Waals surface area contributed by atoms with Crippen molar-refractivity contribution >= 4 is 40.7 Å². The number of methoxy groups -OCH3 is 2. The standard InChI is InChI=1S/C37H36Cl2N6O6/c1-50-35-22(17-41-30(20-46)37(49)51-2)9-11-29(44-35)28-8-4-7-27(34(28)39)26-6-3-5-25(33(26)38)21-13-14-45-31(15-21)42-18-23(36(45)48)16-40-19-24-10-12-32(47)43-24/h3-9,11,13-15,18,24,30,40-41,46H,10,12,16-17,19-20H2,1-2H3,(H,43,47)/t24-,30+/m1/s1. The van der Waals surface area contributed by atoms with Crippen LogP contribution >= 0.6 is 23.2 Å². The molecule has 4 heterocycles. The zero-order chi connectivity index (χ0) is 36.1. The molecule has 0 bridgehead atoms. The molecule has 5 aromatic rings. The first-order chi connectivity index (χ1) is 24.7. The number of aliphatic hydroxyl groups is 1. The third-order valence-corrected chi connectivity index (χ3v) is 9.60. The predicted molar refractivity (Wildman–Crippen MR) is 195 cm³/mol. The van der Waals surface area contributed by atoms with Gasteiger partial charge in [-0.25, -0.2) is 9.97 Å². The summed E-state index contributed by atoms with van der Waals surface area (Å²) in [7, 11) is 2.76. The van der Waals surface area contributed by atoms with Gasteiger partial charge in [-0.1, -0.05) is 65.7 Å². The monoisotopic (exact) mass is 730 g/mol. The third kappa shape index (κ3) is 7.75. The summed E-state index contributed by atoms with van der Waals surface area (Å²) < 4.78 is 11.8. The molecule has 2 atom stereocenters. The zero-order valence-electron chi connectivity index (χ0n) is 27.9. The smallest absolute Gasteiger partial charge is 0.325 e. The summed E-state index contributed by atoms with van der Waals surface area (Å²) in [5.74, 6) is -0.197. The molecule has 1 saturated heterocycles. The first-order valence-corrected chi connectivity index (χ1v) is 17.0. The van der Waals surface area contributed by atoms with Gasteiger partial charge in [-0.05, 0) is 30.2 Å². The molecule has 0 unspecified atom stereocenters. The van der Waals surface area contributed by atoms with Crippen LogP contribution in [0, 0.1) is 0 Å². The van der Waals surface area contributed by atoms with E-state index in [1.54, 1.807) is 18.5 Å². The second-order valence-corrected chi connectivity index (χ2v) is 12.8. The van der Waals surface area contributed by atoms with Gasteiger partial charge in [-0.15, -0.1) is 0 Å². The molecule has 12 nitrogen and oxygen atoms in total. The number of ether oxygens (including phenoxy) is 2. The van der Waals surface area contributed by atoms with E-state index in [2.05, 4.69) is 25.9 Å². The van der Waals surface area contributed by atoms with Gasteiger partial charge in [0.05, 0.1) is 36.6 Å². The lowest BCUT2D eigenvalue weighted by molar-refractivity contribution is -0.144. The molecule has 0 saturated carbocycles. The average Bonchev–Trinajstić information content (AvgIpc) is 3.57. The van der Waals surface area contributed by atoms with Crippen LogP contribution in [0.15, 0.2) is 77.9 Å². The van der Waals surface area contributed by atoms with E-state index in [0.29, 0.717) is 74.6 Å². The Hall–Kier alpha value is -4.85. The fraction of sp³-hybridized carbons (Fsp3) is 0.270. The molecule has 0 radical (unpaired) electrons. The number of halogens is 2. The Balaban J connectivity index is 1.24. The fourth-order valence-corrected chi connectivity index (χ4v) is 6.70. The summed E-state index contributed by atoms with van der Waals surface area (Å²) >= 11 is 14.1. The highest BCUT2D eigenvalue weighted by molar-refractivity contribution is 6.39. The van der Waals surface area contributed by atoms with Crippen LogP contribution in [0.5, 0.6) is 5.88 Å². The van der Waals surface area contributed by atoms with Crippen molar-refractivity contribution < 1.29 is 24.2 Å². The molecule has 4 N–H and O–H groups in total. The van der Waals surface area contributed by atoms with Crippen LogP contribution in [0.1, 0.15) is 24.0 Å². The van der Waals surface area contributed by atoms with E-state index in [1.807, 2.05) is 54.6 Å². The maximum absolute atomic E-state index is 13.2. The van der Waals surface area contributed by atoms with Crippen molar-refractivity contribution in [1.82, 2.24) is 30.3 Å². The van der Waals surface area contributed by atoms with Crippen molar-refractivity contribution in [3.8, 4) is 39.4 Å². The van der Waals surface area contributed by atoms with E-state index in [1.165, 1.54) is 18.6 Å². The van der Waals surface area contributed by atoms with Crippen molar-refractivity contribution in [2.45, 2.75) is 38.0 Å². The Morgan fingerprint density at radius 1 is 1.00 bits per heavy atom. The molecule has 51 heavy (non-hydrogen) atoms. The maximum atomic E-state index is 13.2. The summed E-state index contributed by atoms with van der Waals surface area (Å²) in [6, 6.07) is 17.7. The molecule has 0 spiro atoms. The van der Waals surface area contributed by atoms with Gasteiger partial charge >= 0.3 is 5.97 Å². The van der Waals surface area contributed by atoms with Gasteiger partial charge < -0.3 is 25.2 Å². The van der Waals surface area contributed by atoms with Crippen LogP contribution < -0.4 is 26.2 Å². The minimum atomic E-state index is -0.889. The number of pyridine rings is 2. The van der Waals surface area contributed by atoms with Crippen LogP contribution in [-0.4, -0.2) is 70.8 Å². The SMILES string of the molecule is COC(=O)[C@H](CO)NCc1ccc(-c2cccc(-c3cccc(-c4ccn5c(=O)c(CNC[C@H]6CCC(=O)N6)cnc5c4)c3Cl)c2Cl)nc1OC. The maximum Gasteiger partial charge on any atom is 0.325 e. The number of benzene rings is 2. The summed E-state index contributed by atoms with van der Waals surface area (Å²) in [5.41, 5.74) is 5.61. The number of carbonyl (C=O) groups is 2. The van der Waals surface area contributed by atoms with E-state index in [-0.39, 0.29) is 24.1 Å². The second-order valence-electron chi connectivity index (χ2n) is 12.0. The largest absolute Gasteiger partial charge is 0.481 e. The lowest BCUT2D eigenvalue weighted by Gasteiger charge is -2.16. The number of aliphatic hydroxyl groups excluding tert-OH is 1. The number of hydrogen-bond acceptors (Lipinski definition) is 10. The van der Waals surface area contributed by atoms with E-state index in [0.717, 1.165) is 17.5 Å². The number of nitrogens with zero attached hydrogens (tertiary/aromatic N) is 3. The number of amides is 1. The minimum absolute atomic E-state index is 0.0516. The average molecular weight is 732 g/mol. The molecule has 0 aliphatic carbocycles. The van der Waals surface area contributed by atoms with Crippen molar-refractivity contribution in [3.05, 3.63) is 105 Å². The summed E-state index contributed by atoms with van der Waals surface area (Å²) in [6.45, 7) is 0.693. The third-order valence-electron chi connectivity index (χ3n) is 8.79. The van der Waals surface area contributed by atoms with Crippen LogP contribution in [0.25, 0.3) is 39.2 Å². The molecule has 1 aliphatic heterocycles. The Labute approximate surface area is 303 Å². The molecular weight excluding hydrogens is 695 g/mol. The van der Waals surface area contributed by atoms with Crippen LogP contribution in [0.4, 0.5) is 0 Å². The molecule has 1 fully saturated rings. The Kier molecular flexibility index (Phi) is 11.3. The van der Waals surface area contributed by atoms with Crippen molar-refractivity contribution in [2.75, 3.05) is 27.4 Å². The molecule has 1 amide bonds. The molecular formula is C37H36Cl2N6O6. The van der Waals surface area contributed by atoms with Gasteiger partial charge in [-0.2, -0.15) is 0 Å². The van der Waals surface area contributed by atoms with Crippen LogP contribution in [0.2, 0.25) is 10.0 Å². The predicted octanol–water partition coefficient (Wildman–Crippen LogP) is 4.40. The summed E-state index contributed by atoms with van der Waals surface area (Å²) in [5, 5.41) is 19.6. The zero-order valence-corrected chi connectivity index (χ0v) is 29.4. The molecule has 6 rings (SSSR count). The number of nitrogens with one attached hydrogen (secondary N) is 3. The number of carbonyl (C=O) groups excluding carboxylic acids is 2. The van der Waals surface area contributed by atoms with Gasteiger partial charge in [-0.3, -0.25) is 24.1 Å². The van der Waals surface area contributed by atoms with Crippen LogP contribution in [-0.2, 0) is 27.4 Å². The van der Waals surface area contributed by atoms with E-state index >= 15 is 0 Å². The van der Waals surface area contributed by atoms with Gasteiger partial charge in [0, 0.05) is 77.9 Å². The number of fused-ring (bicyclic) bond motifs is 1. The Bertz CT molecular complexity index is 2160. The van der Waals surface area contributed by atoms with Gasteiger partial charge in [0.25, 0.3) is 5.56 Å². The lowest BCUT2D eigenvalue weighted by Crippen LogP contribution is -2.40. The van der Waals surface area contributed by atoms with Crippen molar-refractivity contribution in [3.63, 3.8) is 0 Å². The number of rotatable bonds is 13. The number of esters is 1. The van der Waals surface area contributed by atoms with Crippen molar-refractivity contribution in [2.24, 2.45) is 0 Å². The van der Waals surface area contributed by atoms with Gasteiger partial charge in [0.1, 0.15) is 11.7 Å². The topological polar surface area (TPSA) is 156 Å². The molecule has 3 aromatic heterocycles. The number of hydrogen-bond donors (Lipinski definition) is 4. The van der Waals surface area contributed by atoms with Gasteiger partial charge in [0.2, 0.25) is 11.8 Å². The van der Waals surface area contributed by atoms with Crippen molar-refractivity contribution in [1.29, 1.82) is 0 Å². The first kappa shape index (κ1) is 36.0. The normalized spacial score (nSPS) is 14.8.